The van der Waals surface area contributed by atoms with Crippen molar-refractivity contribution >= 4 is 27.4 Å². The SMILES string of the molecule is CNc1ncc(F)c(-c2cccc3ccsc23)n1. The zero-order chi connectivity index (χ0) is 12.5. The van der Waals surface area contributed by atoms with E-state index in [4.69, 9.17) is 0 Å². The smallest absolute Gasteiger partial charge is 0.223 e. The van der Waals surface area contributed by atoms with E-state index in [-0.39, 0.29) is 0 Å². The summed E-state index contributed by atoms with van der Waals surface area (Å²) >= 11 is 1.58. The first kappa shape index (κ1) is 11.1. The highest BCUT2D eigenvalue weighted by Gasteiger charge is 2.12. The molecule has 3 nitrogen and oxygen atoms in total. The van der Waals surface area contributed by atoms with Gasteiger partial charge in [0.1, 0.15) is 5.69 Å². The molecule has 0 fully saturated rings. The van der Waals surface area contributed by atoms with E-state index in [0.29, 0.717) is 11.6 Å². The molecule has 3 aromatic rings. The molecule has 0 saturated heterocycles. The van der Waals surface area contributed by atoms with Crippen LogP contribution in [0.1, 0.15) is 0 Å². The number of hydrogen-bond acceptors (Lipinski definition) is 4. The van der Waals surface area contributed by atoms with E-state index < -0.39 is 5.82 Å². The minimum absolute atomic E-state index is 0.336. The minimum Gasteiger partial charge on any atom is -0.357 e. The Morgan fingerprint density at radius 1 is 1.28 bits per heavy atom. The number of fused-ring (bicyclic) bond motifs is 1. The lowest BCUT2D eigenvalue weighted by molar-refractivity contribution is 0.619. The lowest BCUT2D eigenvalue weighted by atomic mass is 10.1. The number of benzene rings is 1. The summed E-state index contributed by atoms with van der Waals surface area (Å²) in [6, 6.07) is 7.81. The van der Waals surface area contributed by atoms with Crippen molar-refractivity contribution in [2.45, 2.75) is 0 Å². The molecule has 0 spiro atoms. The Kier molecular flexibility index (Phi) is 2.68. The Morgan fingerprint density at radius 3 is 3.00 bits per heavy atom. The highest BCUT2D eigenvalue weighted by Crippen LogP contribution is 2.32. The van der Waals surface area contributed by atoms with Gasteiger partial charge in [0, 0.05) is 17.3 Å². The number of hydrogen-bond donors (Lipinski definition) is 1. The van der Waals surface area contributed by atoms with Crippen molar-refractivity contribution in [2.24, 2.45) is 0 Å². The fourth-order valence-electron chi connectivity index (χ4n) is 1.86. The number of anilines is 1. The van der Waals surface area contributed by atoms with Gasteiger partial charge in [-0.3, -0.25) is 0 Å². The standard InChI is InChI=1S/C13H10FN3S/c1-15-13-16-7-10(14)11(17-13)9-4-2-3-8-5-6-18-12(8)9/h2-7H,1H3,(H,15,16,17). The molecule has 0 atom stereocenters. The summed E-state index contributed by atoms with van der Waals surface area (Å²) in [7, 11) is 1.71. The van der Waals surface area contributed by atoms with Crippen molar-refractivity contribution in [3.05, 3.63) is 41.7 Å². The predicted octanol–water partition coefficient (Wildman–Crippen LogP) is 3.54. The van der Waals surface area contributed by atoms with E-state index in [1.54, 1.807) is 18.4 Å². The van der Waals surface area contributed by atoms with Crippen molar-refractivity contribution in [1.82, 2.24) is 9.97 Å². The second-order valence-corrected chi connectivity index (χ2v) is 4.70. The third kappa shape index (κ3) is 1.73. The van der Waals surface area contributed by atoms with Gasteiger partial charge in [-0.25, -0.2) is 14.4 Å². The summed E-state index contributed by atoms with van der Waals surface area (Å²) in [5, 5.41) is 5.91. The number of thiophene rings is 1. The van der Waals surface area contributed by atoms with Crippen LogP contribution in [0, 0.1) is 5.82 Å². The molecule has 0 unspecified atom stereocenters. The van der Waals surface area contributed by atoms with Crippen LogP contribution in [0.15, 0.2) is 35.8 Å². The van der Waals surface area contributed by atoms with E-state index in [2.05, 4.69) is 15.3 Å². The molecule has 1 aromatic carbocycles. The zero-order valence-electron chi connectivity index (χ0n) is 9.64. The van der Waals surface area contributed by atoms with Gasteiger partial charge in [-0.1, -0.05) is 18.2 Å². The second kappa shape index (κ2) is 4.34. The summed E-state index contributed by atoms with van der Waals surface area (Å²) in [5.41, 5.74) is 1.14. The van der Waals surface area contributed by atoms with Gasteiger partial charge < -0.3 is 5.32 Å². The monoisotopic (exact) mass is 259 g/mol. The molecule has 0 aliphatic heterocycles. The van der Waals surface area contributed by atoms with Gasteiger partial charge in [0.05, 0.1) is 6.20 Å². The number of nitrogens with zero attached hydrogens (tertiary/aromatic N) is 2. The Labute approximate surface area is 107 Å². The van der Waals surface area contributed by atoms with Gasteiger partial charge >= 0.3 is 0 Å². The largest absolute Gasteiger partial charge is 0.357 e. The van der Waals surface area contributed by atoms with Crippen LogP contribution in [0.5, 0.6) is 0 Å². The molecule has 3 rings (SSSR count). The molecule has 0 radical (unpaired) electrons. The zero-order valence-corrected chi connectivity index (χ0v) is 10.5. The van der Waals surface area contributed by atoms with Crippen molar-refractivity contribution in [3.8, 4) is 11.3 Å². The van der Waals surface area contributed by atoms with Crippen LogP contribution in [-0.4, -0.2) is 17.0 Å². The maximum absolute atomic E-state index is 13.9. The first-order valence-corrected chi connectivity index (χ1v) is 6.34. The van der Waals surface area contributed by atoms with Gasteiger partial charge in [0.25, 0.3) is 0 Å². The number of nitrogens with one attached hydrogen (secondary N) is 1. The molecule has 0 bridgehead atoms. The molecular formula is C13H10FN3S. The highest BCUT2D eigenvalue weighted by molar-refractivity contribution is 7.17. The Hall–Kier alpha value is -2.01. The summed E-state index contributed by atoms with van der Waals surface area (Å²) in [6.45, 7) is 0. The number of rotatable bonds is 2. The van der Waals surface area contributed by atoms with Crippen LogP contribution in [0.25, 0.3) is 21.3 Å². The molecule has 0 saturated carbocycles. The van der Waals surface area contributed by atoms with Crippen LogP contribution < -0.4 is 5.32 Å². The lowest BCUT2D eigenvalue weighted by Crippen LogP contribution is -1.99. The van der Waals surface area contributed by atoms with Crippen molar-refractivity contribution in [3.63, 3.8) is 0 Å². The molecule has 2 aromatic heterocycles. The normalized spacial score (nSPS) is 10.8. The van der Waals surface area contributed by atoms with Crippen LogP contribution in [0.4, 0.5) is 10.3 Å². The average Bonchev–Trinajstić information content (AvgIpc) is 2.87. The van der Waals surface area contributed by atoms with Gasteiger partial charge in [-0.05, 0) is 16.8 Å². The highest BCUT2D eigenvalue weighted by atomic mass is 32.1. The maximum atomic E-state index is 13.9. The van der Waals surface area contributed by atoms with Gasteiger partial charge in [0.2, 0.25) is 5.95 Å². The topological polar surface area (TPSA) is 37.8 Å². The number of aromatic nitrogens is 2. The summed E-state index contributed by atoms with van der Waals surface area (Å²) in [4.78, 5) is 8.06. The lowest BCUT2D eigenvalue weighted by Gasteiger charge is -2.06. The Balaban J connectivity index is 2.28. The fourth-order valence-corrected chi connectivity index (χ4v) is 2.77. The van der Waals surface area contributed by atoms with Gasteiger partial charge in [-0.15, -0.1) is 11.3 Å². The molecule has 90 valence electrons. The number of halogens is 1. The third-order valence-corrected chi connectivity index (χ3v) is 3.67. The molecular weight excluding hydrogens is 249 g/mol. The quantitative estimate of drug-likeness (QED) is 0.765. The summed E-state index contributed by atoms with van der Waals surface area (Å²) < 4.78 is 14.9. The molecule has 1 N–H and O–H groups in total. The van der Waals surface area contributed by atoms with Crippen LogP contribution in [-0.2, 0) is 0 Å². The fraction of sp³-hybridized carbons (Fsp3) is 0.0769. The van der Waals surface area contributed by atoms with E-state index in [1.165, 1.54) is 6.20 Å². The van der Waals surface area contributed by atoms with Gasteiger partial charge in [-0.2, -0.15) is 0 Å². The van der Waals surface area contributed by atoms with Crippen molar-refractivity contribution < 1.29 is 4.39 Å². The predicted molar refractivity (Wildman–Crippen MR) is 72.4 cm³/mol. The first-order valence-electron chi connectivity index (χ1n) is 5.46. The molecule has 5 heteroatoms. The summed E-state index contributed by atoms with van der Waals surface area (Å²) in [5.74, 6) is 0.00913. The van der Waals surface area contributed by atoms with Crippen molar-refractivity contribution in [2.75, 3.05) is 12.4 Å². The van der Waals surface area contributed by atoms with Gasteiger partial charge in [0.15, 0.2) is 5.82 Å². The summed E-state index contributed by atoms with van der Waals surface area (Å²) in [6.07, 6.45) is 1.20. The van der Waals surface area contributed by atoms with E-state index in [0.717, 1.165) is 15.6 Å². The van der Waals surface area contributed by atoms with Crippen LogP contribution in [0.2, 0.25) is 0 Å². The third-order valence-electron chi connectivity index (χ3n) is 2.70. The molecule has 0 aliphatic rings. The molecule has 0 aliphatic carbocycles. The molecule has 0 amide bonds. The second-order valence-electron chi connectivity index (χ2n) is 3.78. The maximum Gasteiger partial charge on any atom is 0.223 e. The Bertz CT molecular complexity index is 708. The van der Waals surface area contributed by atoms with Crippen molar-refractivity contribution in [1.29, 1.82) is 0 Å². The first-order chi connectivity index (χ1) is 8.79. The van der Waals surface area contributed by atoms with E-state index >= 15 is 0 Å². The van der Waals surface area contributed by atoms with Crippen LogP contribution in [0.3, 0.4) is 0 Å². The van der Waals surface area contributed by atoms with E-state index in [9.17, 15) is 4.39 Å². The van der Waals surface area contributed by atoms with Crippen LogP contribution >= 0.6 is 11.3 Å². The minimum atomic E-state index is -0.408. The van der Waals surface area contributed by atoms with E-state index in [1.807, 2.05) is 29.6 Å². The molecule has 2 heterocycles. The average molecular weight is 259 g/mol. The molecule has 18 heavy (non-hydrogen) atoms. The Morgan fingerprint density at radius 2 is 2.17 bits per heavy atom.